The van der Waals surface area contributed by atoms with Crippen LogP contribution in [0, 0.1) is 0 Å². The number of benzene rings is 2. The normalized spacial score (nSPS) is 11.7. The van der Waals surface area contributed by atoms with Gasteiger partial charge in [-0.25, -0.2) is 0 Å². The molecule has 0 aromatic heterocycles. The van der Waals surface area contributed by atoms with E-state index in [1.807, 2.05) is 42.5 Å². The van der Waals surface area contributed by atoms with Gasteiger partial charge in [-0.05, 0) is 29.7 Å². The Morgan fingerprint density at radius 1 is 0.947 bits per heavy atom. The van der Waals surface area contributed by atoms with Gasteiger partial charge in [0.1, 0.15) is 6.10 Å². The van der Waals surface area contributed by atoms with Crippen LogP contribution < -0.4 is 0 Å². The molecule has 2 aromatic rings. The highest BCUT2D eigenvalue weighted by Gasteiger charge is 2.13. The van der Waals surface area contributed by atoms with Crippen molar-refractivity contribution in [2.45, 2.75) is 19.4 Å². The number of hydrogen-bond acceptors (Lipinski definition) is 1. The molecule has 0 N–H and O–H groups in total. The van der Waals surface area contributed by atoms with Crippen molar-refractivity contribution in [2.24, 2.45) is 0 Å². The van der Waals surface area contributed by atoms with Gasteiger partial charge in [0, 0.05) is 11.6 Å². The summed E-state index contributed by atoms with van der Waals surface area (Å²) in [4.78, 5) is 0. The van der Waals surface area contributed by atoms with Crippen LogP contribution in [0.15, 0.2) is 54.6 Å². The van der Waals surface area contributed by atoms with E-state index in [0.29, 0.717) is 0 Å². The monoisotopic (exact) mass is 296 g/mol. The van der Waals surface area contributed by atoms with E-state index < -0.39 is 0 Å². The highest BCUT2D eigenvalue weighted by Crippen LogP contribution is 2.27. The smallest absolute Gasteiger partial charge is 0.108 e. The van der Waals surface area contributed by atoms with Crippen molar-refractivity contribution in [1.29, 1.82) is 0 Å². The molecule has 0 amide bonds. The molecule has 0 saturated heterocycles. The molecule has 0 aliphatic carbocycles. The topological polar surface area (TPSA) is 9.23 Å². The highest BCUT2D eigenvalue weighted by atomic mass is 35.5. The molecule has 1 unspecified atom stereocenters. The van der Waals surface area contributed by atoms with Crippen molar-refractivity contribution in [3.05, 3.63) is 70.7 Å². The molecular formula is C16H18Cl2O. The Balaban J connectivity index is 0.00000180. The van der Waals surface area contributed by atoms with Crippen molar-refractivity contribution in [3.8, 4) is 0 Å². The van der Waals surface area contributed by atoms with Gasteiger partial charge in [0.15, 0.2) is 0 Å². The minimum atomic E-state index is -0.0107. The van der Waals surface area contributed by atoms with E-state index in [0.717, 1.165) is 23.6 Å². The molecule has 102 valence electrons. The lowest BCUT2D eigenvalue weighted by Crippen LogP contribution is -2.06. The fourth-order valence-corrected chi connectivity index (χ4v) is 2.01. The predicted octanol–water partition coefficient (Wildman–Crippen LogP) is 5.28. The maximum absolute atomic E-state index is 5.96. The molecular weight excluding hydrogens is 279 g/mol. The van der Waals surface area contributed by atoms with Crippen molar-refractivity contribution in [3.63, 3.8) is 0 Å². The van der Waals surface area contributed by atoms with E-state index in [-0.39, 0.29) is 18.5 Å². The summed E-state index contributed by atoms with van der Waals surface area (Å²) in [6.07, 6.45) is 1.00. The summed E-state index contributed by atoms with van der Waals surface area (Å²) in [5, 5.41) is 0.751. The second-order valence-corrected chi connectivity index (χ2v) is 4.65. The first kappa shape index (κ1) is 16.0. The van der Waals surface area contributed by atoms with E-state index in [2.05, 4.69) is 19.1 Å². The van der Waals surface area contributed by atoms with Crippen molar-refractivity contribution in [1.82, 2.24) is 0 Å². The van der Waals surface area contributed by atoms with E-state index in [1.54, 1.807) is 0 Å². The fourth-order valence-electron chi connectivity index (χ4n) is 1.89. The Labute approximate surface area is 126 Å². The average Bonchev–Trinajstić information content (AvgIpc) is 2.42. The van der Waals surface area contributed by atoms with E-state index >= 15 is 0 Å². The van der Waals surface area contributed by atoms with Crippen molar-refractivity contribution < 1.29 is 4.74 Å². The van der Waals surface area contributed by atoms with Gasteiger partial charge in [-0.15, -0.1) is 12.4 Å². The zero-order chi connectivity index (χ0) is 12.8. The number of halogens is 2. The first-order valence-corrected chi connectivity index (χ1v) is 6.61. The second-order valence-electron chi connectivity index (χ2n) is 4.21. The van der Waals surface area contributed by atoms with Crippen LogP contribution in [0.2, 0.25) is 5.02 Å². The SMILES string of the molecule is CCCOC(c1ccccc1)c1ccc(Cl)cc1.Cl. The van der Waals surface area contributed by atoms with Crippen LogP contribution in [0.1, 0.15) is 30.6 Å². The first-order chi connectivity index (χ1) is 8.81. The number of rotatable bonds is 5. The number of hydrogen-bond donors (Lipinski definition) is 0. The Kier molecular flexibility index (Phi) is 6.93. The predicted molar refractivity (Wildman–Crippen MR) is 83.2 cm³/mol. The van der Waals surface area contributed by atoms with Crippen LogP contribution in [0.3, 0.4) is 0 Å². The summed E-state index contributed by atoms with van der Waals surface area (Å²) in [7, 11) is 0. The van der Waals surface area contributed by atoms with Gasteiger partial charge in [-0.2, -0.15) is 0 Å². The van der Waals surface area contributed by atoms with Crippen LogP contribution in [-0.4, -0.2) is 6.61 Å². The van der Waals surface area contributed by atoms with Gasteiger partial charge in [0.25, 0.3) is 0 Å². The van der Waals surface area contributed by atoms with Crippen LogP contribution in [0.5, 0.6) is 0 Å². The quantitative estimate of drug-likeness (QED) is 0.729. The molecule has 3 heteroatoms. The molecule has 1 atom stereocenters. The van der Waals surface area contributed by atoms with E-state index in [9.17, 15) is 0 Å². The lowest BCUT2D eigenvalue weighted by atomic mass is 10.0. The van der Waals surface area contributed by atoms with Gasteiger partial charge in [-0.1, -0.05) is 61.0 Å². The molecule has 0 aliphatic heterocycles. The molecule has 19 heavy (non-hydrogen) atoms. The van der Waals surface area contributed by atoms with Crippen LogP contribution in [0.4, 0.5) is 0 Å². The molecule has 0 heterocycles. The van der Waals surface area contributed by atoms with E-state index in [4.69, 9.17) is 16.3 Å². The summed E-state index contributed by atoms with van der Waals surface area (Å²) in [6, 6.07) is 18.1. The average molecular weight is 297 g/mol. The Hall–Kier alpha value is -1.02. The molecule has 0 fully saturated rings. The number of ether oxygens (including phenoxy) is 1. The van der Waals surface area contributed by atoms with Crippen LogP contribution in [-0.2, 0) is 4.74 Å². The molecule has 2 rings (SSSR count). The lowest BCUT2D eigenvalue weighted by Gasteiger charge is -2.18. The van der Waals surface area contributed by atoms with Gasteiger partial charge < -0.3 is 4.74 Å². The van der Waals surface area contributed by atoms with Crippen LogP contribution in [0.25, 0.3) is 0 Å². The van der Waals surface area contributed by atoms with Gasteiger partial charge in [0.05, 0.1) is 0 Å². The lowest BCUT2D eigenvalue weighted by molar-refractivity contribution is 0.0806. The van der Waals surface area contributed by atoms with Gasteiger partial charge >= 0.3 is 0 Å². The molecule has 0 radical (unpaired) electrons. The summed E-state index contributed by atoms with van der Waals surface area (Å²) < 4.78 is 5.96. The second kappa shape index (κ2) is 8.21. The summed E-state index contributed by atoms with van der Waals surface area (Å²) in [5.41, 5.74) is 2.31. The largest absolute Gasteiger partial charge is 0.369 e. The molecule has 0 bridgehead atoms. The third-order valence-corrected chi connectivity index (χ3v) is 3.02. The van der Waals surface area contributed by atoms with Gasteiger partial charge in [-0.3, -0.25) is 0 Å². The third kappa shape index (κ3) is 4.54. The standard InChI is InChI=1S/C16H17ClO.ClH/c1-2-12-18-16(13-6-4-3-5-7-13)14-8-10-15(17)11-9-14;/h3-11,16H,2,12H2,1H3;1H. The minimum Gasteiger partial charge on any atom is -0.369 e. The molecule has 1 nitrogen and oxygen atoms in total. The maximum Gasteiger partial charge on any atom is 0.108 e. The van der Waals surface area contributed by atoms with Crippen molar-refractivity contribution >= 4 is 24.0 Å². The molecule has 0 spiro atoms. The van der Waals surface area contributed by atoms with E-state index in [1.165, 1.54) is 5.56 Å². The Bertz CT molecular complexity index is 468. The first-order valence-electron chi connectivity index (χ1n) is 6.23. The Morgan fingerprint density at radius 3 is 2.11 bits per heavy atom. The Morgan fingerprint density at radius 2 is 1.53 bits per heavy atom. The summed E-state index contributed by atoms with van der Waals surface area (Å²) in [6.45, 7) is 2.87. The molecule has 0 aliphatic rings. The highest BCUT2D eigenvalue weighted by molar-refractivity contribution is 6.30. The zero-order valence-electron chi connectivity index (χ0n) is 10.9. The van der Waals surface area contributed by atoms with Crippen LogP contribution >= 0.6 is 24.0 Å². The molecule has 2 aromatic carbocycles. The molecule has 0 saturated carbocycles. The van der Waals surface area contributed by atoms with Gasteiger partial charge in [0.2, 0.25) is 0 Å². The fraction of sp³-hybridized carbons (Fsp3) is 0.250. The van der Waals surface area contributed by atoms with Crippen molar-refractivity contribution in [2.75, 3.05) is 6.61 Å². The maximum atomic E-state index is 5.96. The minimum absolute atomic E-state index is 0. The summed E-state index contributed by atoms with van der Waals surface area (Å²) >= 11 is 5.93. The third-order valence-electron chi connectivity index (χ3n) is 2.76. The zero-order valence-corrected chi connectivity index (χ0v) is 12.5. The summed E-state index contributed by atoms with van der Waals surface area (Å²) in [5.74, 6) is 0.